The van der Waals surface area contributed by atoms with Crippen LogP contribution in [0.25, 0.3) is 0 Å². The smallest absolute Gasteiger partial charge is 0.303 e. The zero-order valence-electron chi connectivity index (χ0n) is 13.8. The van der Waals surface area contributed by atoms with Gasteiger partial charge < -0.3 is 19.9 Å². The third kappa shape index (κ3) is 7.54. The number of methoxy groups -OCH3 is 2. The lowest BCUT2D eigenvalue weighted by molar-refractivity contribution is -0.137. The number of nitrogens with one attached hydrogen (secondary N) is 1. The second-order valence-electron chi connectivity index (χ2n) is 5.24. The predicted octanol–water partition coefficient (Wildman–Crippen LogP) is 2.40. The maximum absolute atomic E-state index is 11.8. The van der Waals surface area contributed by atoms with E-state index in [2.05, 4.69) is 5.32 Å². The van der Waals surface area contributed by atoms with Gasteiger partial charge in [0.1, 0.15) is 0 Å². The fraction of sp³-hybridized carbons (Fsp3) is 0.529. The van der Waals surface area contributed by atoms with Crippen LogP contribution in [0.4, 0.5) is 0 Å². The predicted molar refractivity (Wildman–Crippen MR) is 87.0 cm³/mol. The number of hydrogen-bond donors (Lipinski definition) is 2. The van der Waals surface area contributed by atoms with Crippen LogP contribution in [0.3, 0.4) is 0 Å². The van der Waals surface area contributed by atoms with Crippen molar-refractivity contribution in [3.05, 3.63) is 23.8 Å². The zero-order valence-corrected chi connectivity index (χ0v) is 13.8. The van der Waals surface area contributed by atoms with Gasteiger partial charge in [0.25, 0.3) is 0 Å². The lowest BCUT2D eigenvalue weighted by atomic mass is 10.1. The summed E-state index contributed by atoms with van der Waals surface area (Å²) in [6.45, 7) is 0.588. The van der Waals surface area contributed by atoms with E-state index in [-0.39, 0.29) is 12.3 Å². The Morgan fingerprint density at radius 3 is 2.43 bits per heavy atom. The van der Waals surface area contributed by atoms with Crippen molar-refractivity contribution < 1.29 is 24.2 Å². The van der Waals surface area contributed by atoms with Crippen molar-refractivity contribution in [2.75, 3.05) is 20.8 Å². The molecule has 0 aliphatic heterocycles. The third-order valence-electron chi connectivity index (χ3n) is 3.48. The van der Waals surface area contributed by atoms with Gasteiger partial charge >= 0.3 is 5.97 Å². The molecule has 0 radical (unpaired) electrons. The lowest BCUT2D eigenvalue weighted by Gasteiger charge is -2.09. The highest BCUT2D eigenvalue weighted by Crippen LogP contribution is 2.27. The van der Waals surface area contributed by atoms with Crippen molar-refractivity contribution in [2.24, 2.45) is 0 Å². The maximum Gasteiger partial charge on any atom is 0.303 e. The summed E-state index contributed by atoms with van der Waals surface area (Å²) in [5.41, 5.74) is 1.01. The summed E-state index contributed by atoms with van der Waals surface area (Å²) in [7, 11) is 3.17. The number of unbranched alkanes of at least 4 members (excludes halogenated alkanes) is 2. The number of ether oxygens (including phenoxy) is 2. The first-order valence-corrected chi connectivity index (χ1v) is 7.76. The summed E-state index contributed by atoms with van der Waals surface area (Å²) >= 11 is 0. The minimum Gasteiger partial charge on any atom is -0.493 e. The molecule has 1 aromatic carbocycles. The van der Waals surface area contributed by atoms with Crippen LogP contribution >= 0.6 is 0 Å². The zero-order chi connectivity index (χ0) is 17.1. The molecule has 0 atom stereocenters. The molecule has 0 fully saturated rings. The number of carbonyl (C=O) groups excluding carboxylic acids is 1. The number of hydrogen-bond acceptors (Lipinski definition) is 4. The van der Waals surface area contributed by atoms with E-state index in [4.69, 9.17) is 14.6 Å². The quantitative estimate of drug-likeness (QED) is 0.611. The van der Waals surface area contributed by atoms with Crippen molar-refractivity contribution in [1.82, 2.24) is 5.32 Å². The van der Waals surface area contributed by atoms with Crippen molar-refractivity contribution in [3.8, 4) is 11.5 Å². The molecule has 128 valence electrons. The van der Waals surface area contributed by atoms with E-state index < -0.39 is 5.97 Å². The highest BCUT2D eigenvalue weighted by molar-refractivity contribution is 5.76. The van der Waals surface area contributed by atoms with E-state index in [0.717, 1.165) is 18.4 Å². The van der Waals surface area contributed by atoms with Gasteiger partial charge in [0, 0.05) is 19.4 Å². The van der Waals surface area contributed by atoms with Crippen molar-refractivity contribution >= 4 is 11.9 Å². The molecule has 0 aliphatic carbocycles. The Morgan fingerprint density at radius 2 is 1.78 bits per heavy atom. The van der Waals surface area contributed by atoms with Gasteiger partial charge in [-0.3, -0.25) is 9.59 Å². The van der Waals surface area contributed by atoms with Gasteiger partial charge in [-0.1, -0.05) is 12.5 Å². The second kappa shape index (κ2) is 10.5. The minimum atomic E-state index is -0.774. The standard InChI is InChI=1S/C17H25NO5/c1-22-14-9-7-13(12-15(14)23-2)8-10-16(19)18-11-5-3-4-6-17(20)21/h7,9,12H,3-6,8,10-11H2,1-2H3,(H,18,19)(H,20,21). The van der Waals surface area contributed by atoms with Crippen LogP contribution < -0.4 is 14.8 Å². The molecule has 0 heterocycles. The van der Waals surface area contributed by atoms with Crippen molar-refractivity contribution in [1.29, 1.82) is 0 Å². The van der Waals surface area contributed by atoms with Crippen LogP contribution in [0, 0.1) is 0 Å². The van der Waals surface area contributed by atoms with Gasteiger partial charge in [-0.05, 0) is 37.0 Å². The molecule has 23 heavy (non-hydrogen) atoms. The van der Waals surface area contributed by atoms with E-state index in [9.17, 15) is 9.59 Å². The molecule has 1 amide bonds. The van der Waals surface area contributed by atoms with Gasteiger partial charge in [0.05, 0.1) is 14.2 Å². The van der Waals surface area contributed by atoms with E-state index in [1.807, 2.05) is 18.2 Å². The molecule has 0 saturated heterocycles. The number of carboxylic acid groups (broad SMARTS) is 1. The highest BCUT2D eigenvalue weighted by Gasteiger charge is 2.07. The molecular formula is C17H25NO5. The average Bonchev–Trinajstić information content (AvgIpc) is 2.55. The highest BCUT2D eigenvalue weighted by atomic mass is 16.5. The fourth-order valence-electron chi connectivity index (χ4n) is 2.19. The minimum absolute atomic E-state index is 0.00183. The van der Waals surface area contributed by atoms with E-state index in [1.165, 1.54) is 0 Å². The van der Waals surface area contributed by atoms with Crippen LogP contribution in [0.2, 0.25) is 0 Å². The first-order valence-electron chi connectivity index (χ1n) is 7.76. The molecule has 2 N–H and O–H groups in total. The summed E-state index contributed by atoms with van der Waals surface area (Å²) in [5.74, 6) is 0.549. The molecule has 1 aromatic rings. The molecular weight excluding hydrogens is 298 g/mol. The topological polar surface area (TPSA) is 84.9 Å². The van der Waals surface area contributed by atoms with Crippen LogP contribution in [-0.2, 0) is 16.0 Å². The number of rotatable bonds is 11. The Kier molecular flexibility index (Phi) is 8.57. The maximum atomic E-state index is 11.8. The summed E-state index contributed by atoms with van der Waals surface area (Å²) < 4.78 is 10.4. The second-order valence-corrected chi connectivity index (χ2v) is 5.24. The van der Waals surface area contributed by atoms with Crippen molar-refractivity contribution in [3.63, 3.8) is 0 Å². The van der Waals surface area contributed by atoms with Crippen LogP contribution in [0.5, 0.6) is 11.5 Å². The van der Waals surface area contributed by atoms with Gasteiger partial charge in [-0.25, -0.2) is 0 Å². The number of benzene rings is 1. The lowest BCUT2D eigenvalue weighted by Crippen LogP contribution is -2.24. The largest absolute Gasteiger partial charge is 0.493 e. The van der Waals surface area contributed by atoms with E-state index >= 15 is 0 Å². The van der Waals surface area contributed by atoms with Crippen molar-refractivity contribution in [2.45, 2.75) is 38.5 Å². The fourth-order valence-corrected chi connectivity index (χ4v) is 2.19. The Morgan fingerprint density at radius 1 is 1.04 bits per heavy atom. The van der Waals surface area contributed by atoms with E-state index in [0.29, 0.717) is 37.3 Å². The van der Waals surface area contributed by atoms with Crippen LogP contribution in [-0.4, -0.2) is 37.7 Å². The van der Waals surface area contributed by atoms with Gasteiger partial charge in [-0.15, -0.1) is 0 Å². The monoisotopic (exact) mass is 323 g/mol. The summed E-state index contributed by atoms with van der Waals surface area (Å²) in [6, 6.07) is 5.62. The number of aryl methyl sites for hydroxylation is 1. The molecule has 1 rings (SSSR count). The Bertz CT molecular complexity index is 516. The third-order valence-corrected chi connectivity index (χ3v) is 3.48. The Balaban J connectivity index is 2.24. The molecule has 0 spiro atoms. The summed E-state index contributed by atoms with van der Waals surface area (Å²) in [5, 5.41) is 11.4. The number of aliphatic carboxylic acids is 1. The summed E-state index contributed by atoms with van der Waals surface area (Å²) in [6.07, 6.45) is 3.48. The van der Waals surface area contributed by atoms with Gasteiger partial charge in [0.2, 0.25) is 5.91 Å². The van der Waals surface area contributed by atoms with Crippen LogP contribution in [0.1, 0.15) is 37.7 Å². The Labute approximate surface area is 136 Å². The SMILES string of the molecule is COc1ccc(CCC(=O)NCCCCCC(=O)O)cc1OC. The molecule has 0 unspecified atom stereocenters. The van der Waals surface area contributed by atoms with Crippen LogP contribution in [0.15, 0.2) is 18.2 Å². The molecule has 0 aliphatic rings. The van der Waals surface area contributed by atoms with Gasteiger partial charge in [-0.2, -0.15) is 0 Å². The molecule has 6 nitrogen and oxygen atoms in total. The number of carboxylic acids is 1. The first kappa shape index (κ1) is 18.8. The average molecular weight is 323 g/mol. The number of amides is 1. The first-order chi connectivity index (χ1) is 11.1. The molecule has 6 heteroatoms. The van der Waals surface area contributed by atoms with E-state index in [1.54, 1.807) is 14.2 Å². The molecule has 0 bridgehead atoms. The molecule has 0 saturated carbocycles. The Hall–Kier alpha value is -2.24. The van der Waals surface area contributed by atoms with Gasteiger partial charge in [0.15, 0.2) is 11.5 Å². The number of carbonyl (C=O) groups is 2. The summed E-state index contributed by atoms with van der Waals surface area (Å²) in [4.78, 5) is 22.1. The normalized spacial score (nSPS) is 10.2. The molecule has 0 aromatic heterocycles.